The molecule has 3 heterocycles. The Kier molecular flexibility index (Phi) is 8.43. The van der Waals surface area contributed by atoms with E-state index in [0.29, 0.717) is 10.7 Å². The van der Waals surface area contributed by atoms with Gasteiger partial charge < -0.3 is 25.0 Å². The topological polar surface area (TPSA) is 92.8 Å². The Labute approximate surface area is 235 Å². The van der Waals surface area contributed by atoms with E-state index in [1.165, 1.54) is 23.5 Å². The van der Waals surface area contributed by atoms with E-state index >= 15 is 0 Å². The lowest BCUT2D eigenvalue weighted by Crippen LogP contribution is -2.45. The van der Waals surface area contributed by atoms with Crippen LogP contribution in [0.25, 0.3) is 11.3 Å². The zero-order valence-corrected chi connectivity index (χ0v) is 23.2. The lowest BCUT2D eigenvalue weighted by molar-refractivity contribution is -0.115. The van der Waals surface area contributed by atoms with Crippen molar-refractivity contribution < 1.29 is 27.8 Å². The molecule has 2 amide bonds. The van der Waals surface area contributed by atoms with E-state index in [9.17, 15) is 18.4 Å². The van der Waals surface area contributed by atoms with Gasteiger partial charge in [0, 0.05) is 41.9 Å². The summed E-state index contributed by atoms with van der Waals surface area (Å²) < 4.78 is 38.8. The number of rotatable bonds is 8. The van der Waals surface area contributed by atoms with E-state index < -0.39 is 23.7 Å². The Bertz CT molecular complexity index is 1350. The van der Waals surface area contributed by atoms with Crippen LogP contribution in [0.15, 0.2) is 53.9 Å². The highest BCUT2D eigenvalue weighted by molar-refractivity contribution is 7.14. The molecule has 2 fully saturated rings. The first-order valence-corrected chi connectivity index (χ1v) is 14.1. The van der Waals surface area contributed by atoms with Crippen molar-refractivity contribution in [1.82, 2.24) is 10.3 Å². The molecule has 0 spiro atoms. The van der Waals surface area contributed by atoms with E-state index in [1.807, 2.05) is 17.5 Å². The summed E-state index contributed by atoms with van der Waals surface area (Å²) in [6.07, 6.45) is -2.14. The summed E-state index contributed by atoms with van der Waals surface area (Å²) in [6.45, 7) is 5.62. The number of aromatic nitrogens is 1. The number of nitrogens with one attached hydrogen (secondary N) is 2. The number of ether oxygens (including phenoxy) is 2. The van der Waals surface area contributed by atoms with Crippen LogP contribution in [-0.4, -0.2) is 68.3 Å². The second-order valence-electron chi connectivity index (χ2n) is 10.3. The van der Waals surface area contributed by atoms with Gasteiger partial charge in [0.2, 0.25) is 12.3 Å². The van der Waals surface area contributed by atoms with Crippen molar-refractivity contribution in [2.24, 2.45) is 0 Å². The molecule has 212 valence electrons. The maximum atomic E-state index is 13.9. The summed E-state index contributed by atoms with van der Waals surface area (Å²) in [7, 11) is 0. The first-order valence-electron chi connectivity index (χ1n) is 13.2. The van der Waals surface area contributed by atoms with E-state index in [-0.39, 0.29) is 44.0 Å². The molecule has 1 aromatic heterocycles. The average Bonchev–Trinajstić information content (AvgIpc) is 3.62. The number of thiazole rings is 1. The third-order valence-electron chi connectivity index (χ3n) is 7.26. The molecule has 3 atom stereocenters. The van der Waals surface area contributed by atoms with Crippen molar-refractivity contribution in [1.29, 1.82) is 0 Å². The van der Waals surface area contributed by atoms with E-state index in [1.54, 1.807) is 12.1 Å². The summed E-state index contributed by atoms with van der Waals surface area (Å²) >= 11 is 1.29. The number of alkyl halides is 2. The highest BCUT2D eigenvalue weighted by Crippen LogP contribution is 2.39. The van der Waals surface area contributed by atoms with Crippen LogP contribution in [0.5, 0.6) is 0 Å². The first-order chi connectivity index (χ1) is 19.2. The van der Waals surface area contributed by atoms with Gasteiger partial charge in [0.05, 0.1) is 36.5 Å². The number of morpholine rings is 1. The number of halogens is 2. The summed E-state index contributed by atoms with van der Waals surface area (Å²) in [6, 6.07) is 14.2. The Hall–Kier alpha value is -3.41. The molecule has 0 radical (unpaired) electrons. The highest BCUT2D eigenvalue weighted by Gasteiger charge is 2.45. The average molecular weight is 571 g/mol. The number of anilines is 2. The number of hydrogen-bond acceptors (Lipinski definition) is 7. The van der Waals surface area contributed by atoms with E-state index in [2.05, 4.69) is 46.5 Å². The Morgan fingerprint density at radius 1 is 1.15 bits per heavy atom. The monoisotopic (exact) mass is 570 g/mol. The smallest absolute Gasteiger partial charge is 0.251 e. The zero-order valence-electron chi connectivity index (χ0n) is 22.4. The molecule has 2 saturated heterocycles. The SMILES string of the molecule is C[C@@H]1CN(c2cccc(-c3csc(NC(=O)CNC(=O)c4cccc(C5(C(F)F)CCOC5)c4)n3)c2)C[C@H](C)O1. The maximum absolute atomic E-state index is 13.9. The van der Waals surface area contributed by atoms with Crippen molar-refractivity contribution in [2.45, 2.75) is 44.3 Å². The zero-order chi connectivity index (χ0) is 28.3. The molecule has 2 aliphatic rings. The third-order valence-corrected chi connectivity index (χ3v) is 8.01. The van der Waals surface area contributed by atoms with Gasteiger partial charge in [-0.05, 0) is 50.1 Å². The second-order valence-corrected chi connectivity index (χ2v) is 11.2. The number of amides is 2. The Morgan fingerprint density at radius 2 is 1.93 bits per heavy atom. The van der Waals surface area contributed by atoms with Crippen LogP contribution < -0.4 is 15.5 Å². The van der Waals surface area contributed by atoms with Gasteiger partial charge in [0.25, 0.3) is 5.91 Å². The highest BCUT2D eigenvalue weighted by atomic mass is 32.1. The van der Waals surface area contributed by atoms with Crippen LogP contribution >= 0.6 is 11.3 Å². The fraction of sp³-hybridized carbons (Fsp3) is 0.414. The fourth-order valence-corrected chi connectivity index (χ4v) is 5.95. The molecule has 2 aliphatic heterocycles. The van der Waals surface area contributed by atoms with Gasteiger partial charge in [-0.1, -0.05) is 24.3 Å². The van der Waals surface area contributed by atoms with Crippen LogP contribution in [0, 0.1) is 0 Å². The largest absolute Gasteiger partial charge is 0.380 e. The van der Waals surface area contributed by atoms with Crippen molar-refractivity contribution >= 4 is 34.0 Å². The van der Waals surface area contributed by atoms with Gasteiger partial charge in [-0.2, -0.15) is 0 Å². The minimum atomic E-state index is -2.61. The number of carbonyl (C=O) groups is 2. The van der Waals surface area contributed by atoms with Crippen LogP contribution in [-0.2, 0) is 19.7 Å². The van der Waals surface area contributed by atoms with Gasteiger partial charge in [0.15, 0.2) is 5.13 Å². The number of nitrogens with zero attached hydrogens (tertiary/aromatic N) is 2. The number of carbonyl (C=O) groups excluding carboxylic acids is 2. The van der Waals surface area contributed by atoms with Crippen molar-refractivity contribution in [2.75, 3.05) is 43.1 Å². The maximum Gasteiger partial charge on any atom is 0.251 e. The van der Waals surface area contributed by atoms with Gasteiger partial charge in [-0.3, -0.25) is 9.59 Å². The van der Waals surface area contributed by atoms with Gasteiger partial charge >= 0.3 is 0 Å². The normalized spacial score (nSPS) is 22.9. The molecule has 0 bridgehead atoms. The summed E-state index contributed by atoms with van der Waals surface area (Å²) in [5.74, 6) is -0.965. The molecule has 0 saturated carbocycles. The van der Waals surface area contributed by atoms with Gasteiger partial charge in [0.1, 0.15) is 0 Å². The quantitative estimate of drug-likeness (QED) is 0.408. The predicted molar refractivity (Wildman–Crippen MR) is 150 cm³/mol. The molecule has 11 heteroatoms. The summed E-state index contributed by atoms with van der Waals surface area (Å²) in [5.41, 5.74) is 1.90. The number of benzene rings is 2. The predicted octanol–water partition coefficient (Wildman–Crippen LogP) is 4.72. The molecule has 8 nitrogen and oxygen atoms in total. The fourth-order valence-electron chi connectivity index (χ4n) is 5.22. The molecule has 1 unspecified atom stereocenters. The second kappa shape index (κ2) is 12.0. The number of hydrogen-bond donors (Lipinski definition) is 2. The summed E-state index contributed by atoms with van der Waals surface area (Å²) in [4.78, 5) is 32.1. The first kappa shape index (κ1) is 28.1. The molecule has 3 aromatic rings. The molecule has 2 N–H and O–H groups in total. The lowest BCUT2D eigenvalue weighted by atomic mass is 9.79. The van der Waals surface area contributed by atoms with Gasteiger partial charge in [-0.15, -0.1) is 11.3 Å². The van der Waals surface area contributed by atoms with Crippen LogP contribution in [0.3, 0.4) is 0 Å². The Morgan fingerprint density at radius 3 is 2.65 bits per heavy atom. The van der Waals surface area contributed by atoms with E-state index in [0.717, 1.165) is 30.0 Å². The van der Waals surface area contributed by atoms with Crippen LogP contribution in [0.2, 0.25) is 0 Å². The minimum Gasteiger partial charge on any atom is -0.380 e. The van der Waals surface area contributed by atoms with Crippen LogP contribution in [0.4, 0.5) is 19.6 Å². The molecule has 0 aliphatic carbocycles. The molecular weight excluding hydrogens is 538 g/mol. The molecule has 2 aromatic carbocycles. The van der Waals surface area contributed by atoms with Gasteiger partial charge in [-0.25, -0.2) is 13.8 Å². The van der Waals surface area contributed by atoms with Crippen LogP contribution in [0.1, 0.15) is 36.2 Å². The standard InChI is InChI=1S/C29H32F2N4O4S/c1-18-14-35(15-19(2)39-18)23-8-4-5-20(12-23)24-16-40-28(33-24)34-25(36)13-32-26(37)21-6-3-7-22(11-21)29(27(30)31)9-10-38-17-29/h3-8,11-12,16,18-19,27H,9-10,13-15,17H2,1-2H3,(H,32,37)(H,33,34,36)/t18-,19+,29?. The summed E-state index contributed by atoms with van der Waals surface area (Å²) in [5, 5.41) is 7.56. The third kappa shape index (κ3) is 6.16. The van der Waals surface area contributed by atoms with Crippen molar-refractivity contribution in [3.05, 3.63) is 65.0 Å². The molecule has 5 rings (SSSR count). The molecular formula is C29H32F2N4O4S. The van der Waals surface area contributed by atoms with Crippen molar-refractivity contribution in [3.63, 3.8) is 0 Å². The lowest BCUT2D eigenvalue weighted by Gasteiger charge is -2.37. The minimum absolute atomic E-state index is 0.0934. The Balaban J connectivity index is 1.18. The van der Waals surface area contributed by atoms with E-state index in [4.69, 9.17) is 9.47 Å². The molecule has 40 heavy (non-hydrogen) atoms. The van der Waals surface area contributed by atoms with Crippen molar-refractivity contribution in [3.8, 4) is 11.3 Å².